The predicted octanol–water partition coefficient (Wildman–Crippen LogP) is 6.22. The monoisotopic (exact) mass is 427 g/mol. The van der Waals surface area contributed by atoms with Gasteiger partial charge in [0.2, 0.25) is 0 Å². The lowest BCUT2D eigenvalue weighted by atomic mass is 10.1. The summed E-state index contributed by atoms with van der Waals surface area (Å²) in [5.41, 5.74) is 2.85. The van der Waals surface area contributed by atoms with Crippen LogP contribution >= 0.6 is 23.2 Å². The molecule has 0 heterocycles. The van der Waals surface area contributed by atoms with Gasteiger partial charge in [0.05, 0.1) is 22.7 Å². The predicted molar refractivity (Wildman–Crippen MR) is 118 cm³/mol. The molecule has 3 aromatic carbocycles. The second-order valence-corrected chi connectivity index (χ2v) is 7.10. The van der Waals surface area contributed by atoms with Gasteiger partial charge in [0.15, 0.2) is 11.5 Å². The van der Waals surface area contributed by atoms with Crippen LogP contribution in [0.4, 0.5) is 5.69 Å². The summed E-state index contributed by atoms with van der Waals surface area (Å²) in [7, 11) is 1.51. The van der Waals surface area contributed by atoms with Gasteiger partial charge in [-0.05, 0) is 53.9 Å². The number of benzene rings is 3. The van der Waals surface area contributed by atoms with Crippen LogP contribution in [0.3, 0.4) is 0 Å². The van der Waals surface area contributed by atoms with E-state index in [2.05, 4.69) is 5.32 Å². The number of hydrogen-bond acceptors (Lipinski definition) is 3. The van der Waals surface area contributed by atoms with Gasteiger partial charge in [-0.1, -0.05) is 59.6 Å². The van der Waals surface area contributed by atoms with Crippen molar-refractivity contribution in [3.63, 3.8) is 0 Å². The number of phenols is 1. The topological polar surface area (TPSA) is 58.6 Å². The molecular formula is C23H19Cl2NO3. The van der Waals surface area contributed by atoms with Crippen LogP contribution in [-0.4, -0.2) is 18.1 Å². The van der Waals surface area contributed by atoms with Crippen LogP contribution in [0.25, 0.3) is 6.08 Å². The fourth-order valence-corrected chi connectivity index (χ4v) is 3.38. The third-order valence-electron chi connectivity index (χ3n) is 4.24. The Labute approximate surface area is 179 Å². The van der Waals surface area contributed by atoms with Crippen molar-refractivity contribution in [2.75, 3.05) is 12.4 Å². The van der Waals surface area contributed by atoms with Crippen molar-refractivity contribution in [3.8, 4) is 11.5 Å². The molecule has 0 saturated heterocycles. The summed E-state index contributed by atoms with van der Waals surface area (Å²) in [6.45, 7) is 0. The molecule has 0 fully saturated rings. The maximum absolute atomic E-state index is 12.5. The Hall–Kier alpha value is -2.95. The van der Waals surface area contributed by atoms with Gasteiger partial charge < -0.3 is 15.2 Å². The van der Waals surface area contributed by atoms with Crippen molar-refractivity contribution in [1.82, 2.24) is 0 Å². The molecule has 0 unspecified atom stereocenters. The van der Waals surface area contributed by atoms with Crippen LogP contribution in [-0.2, 0) is 6.42 Å². The number of halogens is 2. The summed E-state index contributed by atoms with van der Waals surface area (Å²) in [6, 6.07) is 17.6. The first-order valence-electron chi connectivity index (χ1n) is 8.86. The van der Waals surface area contributed by atoms with Crippen molar-refractivity contribution in [2.24, 2.45) is 0 Å². The average molecular weight is 428 g/mol. The van der Waals surface area contributed by atoms with Gasteiger partial charge in [-0.25, -0.2) is 0 Å². The summed E-state index contributed by atoms with van der Waals surface area (Å²) >= 11 is 12.2. The first kappa shape index (κ1) is 20.8. The Morgan fingerprint density at radius 3 is 2.52 bits per heavy atom. The van der Waals surface area contributed by atoms with Crippen LogP contribution in [0.15, 0.2) is 66.7 Å². The molecule has 2 N–H and O–H groups in total. The number of aromatic hydroxyl groups is 1. The Morgan fingerprint density at radius 2 is 1.79 bits per heavy atom. The Kier molecular flexibility index (Phi) is 6.81. The minimum Gasteiger partial charge on any atom is -0.504 e. The standard InChI is InChI=1S/C23H19Cl2NO3/c1-29-21-14-16(11-12-20(21)27)6-2-5-15-7-3-8-17(13-15)26-23(28)22-18(24)9-4-10-19(22)25/h2-4,6-14,27H,5H2,1H3,(H,26,28)/b6-2+. The quantitative estimate of drug-likeness (QED) is 0.490. The number of carbonyl (C=O) groups is 1. The summed E-state index contributed by atoms with van der Waals surface area (Å²) in [6.07, 6.45) is 4.61. The van der Waals surface area contributed by atoms with E-state index in [1.165, 1.54) is 7.11 Å². The lowest BCUT2D eigenvalue weighted by molar-refractivity contribution is 0.102. The Bertz CT molecular complexity index is 1040. The molecule has 148 valence electrons. The van der Waals surface area contributed by atoms with Crippen LogP contribution in [0.5, 0.6) is 11.5 Å². The highest BCUT2D eigenvalue weighted by Crippen LogP contribution is 2.27. The van der Waals surface area contributed by atoms with Crippen molar-refractivity contribution in [1.29, 1.82) is 0 Å². The summed E-state index contributed by atoms with van der Waals surface area (Å²) < 4.78 is 5.11. The fourth-order valence-electron chi connectivity index (χ4n) is 2.81. The number of ether oxygens (including phenoxy) is 1. The van der Waals surface area contributed by atoms with Crippen LogP contribution in [0.1, 0.15) is 21.5 Å². The number of carbonyl (C=O) groups excluding carboxylic acids is 1. The molecule has 6 heteroatoms. The number of anilines is 1. The number of hydrogen-bond donors (Lipinski definition) is 2. The van der Waals surface area contributed by atoms with Crippen LogP contribution < -0.4 is 10.1 Å². The first-order valence-corrected chi connectivity index (χ1v) is 9.61. The number of amides is 1. The van der Waals surface area contributed by atoms with E-state index in [-0.39, 0.29) is 17.2 Å². The van der Waals surface area contributed by atoms with E-state index in [0.29, 0.717) is 27.9 Å². The normalized spacial score (nSPS) is 10.9. The number of rotatable bonds is 6. The van der Waals surface area contributed by atoms with Gasteiger partial charge >= 0.3 is 0 Å². The van der Waals surface area contributed by atoms with E-state index in [9.17, 15) is 9.90 Å². The van der Waals surface area contributed by atoms with Gasteiger partial charge in [0, 0.05) is 5.69 Å². The molecule has 0 saturated carbocycles. The molecule has 4 nitrogen and oxygen atoms in total. The molecule has 3 rings (SSSR count). The molecule has 0 aromatic heterocycles. The first-order chi connectivity index (χ1) is 14.0. The highest BCUT2D eigenvalue weighted by molar-refractivity contribution is 6.40. The van der Waals surface area contributed by atoms with E-state index in [4.69, 9.17) is 27.9 Å². The molecule has 3 aromatic rings. The largest absolute Gasteiger partial charge is 0.504 e. The minimum atomic E-state index is -0.357. The Morgan fingerprint density at radius 1 is 1.07 bits per heavy atom. The van der Waals surface area contributed by atoms with E-state index in [0.717, 1.165) is 11.1 Å². The highest BCUT2D eigenvalue weighted by Gasteiger charge is 2.14. The van der Waals surface area contributed by atoms with Gasteiger partial charge in [0.25, 0.3) is 5.91 Å². The number of nitrogens with one attached hydrogen (secondary N) is 1. The molecular weight excluding hydrogens is 409 g/mol. The second-order valence-electron chi connectivity index (χ2n) is 6.29. The molecule has 0 aliphatic heterocycles. The number of methoxy groups -OCH3 is 1. The maximum atomic E-state index is 12.5. The maximum Gasteiger partial charge on any atom is 0.258 e. The lowest BCUT2D eigenvalue weighted by Crippen LogP contribution is -2.13. The van der Waals surface area contributed by atoms with E-state index < -0.39 is 0 Å². The van der Waals surface area contributed by atoms with Crippen molar-refractivity contribution >= 4 is 40.9 Å². The lowest BCUT2D eigenvalue weighted by Gasteiger charge is -2.09. The van der Waals surface area contributed by atoms with Crippen molar-refractivity contribution in [3.05, 3.63) is 93.5 Å². The molecule has 0 aliphatic carbocycles. The smallest absolute Gasteiger partial charge is 0.258 e. The van der Waals surface area contributed by atoms with Crippen molar-refractivity contribution < 1.29 is 14.6 Å². The third kappa shape index (κ3) is 5.31. The van der Waals surface area contributed by atoms with Gasteiger partial charge in [-0.2, -0.15) is 0 Å². The molecule has 0 aliphatic rings. The molecule has 0 spiro atoms. The third-order valence-corrected chi connectivity index (χ3v) is 4.87. The average Bonchev–Trinajstić information content (AvgIpc) is 2.69. The zero-order valence-electron chi connectivity index (χ0n) is 15.7. The zero-order chi connectivity index (χ0) is 20.8. The van der Waals surface area contributed by atoms with Gasteiger partial charge in [-0.15, -0.1) is 0 Å². The molecule has 0 radical (unpaired) electrons. The summed E-state index contributed by atoms with van der Waals surface area (Å²) in [4.78, 5) is 12.5. The minimum absolute atomic E-state index is 0.103. The highest BCUT2D eigenvalue weighted by atomic mass is 35.5. The molecule has 1 amide bonds. The van der Waals surface area contributed by atoms with Gasteiger partial charge in [-0.3, -0.25) is 4.79 Å². The van der Waals surface area contributed by atoms with Gasteiger partial charge in [0.1, 0.15) is 0 Å². The van der Waals surface area contributed by atoms with E-state index in [1.54, 1.807) is 42.5 Å². The molecule has 0 atom stereocenters. The second kappa shape index (κ2) is 9.50. The van der Waals surface area contributed by atoms with Crippen LogP contribution in [0, 0.1) is 0 Å². The number of allylic oxidation sites excluding steroid dienone is 1. The van der Waals surface area contributed by atoms with Crippen LogP contribution in [0.2, 0.25) is 10.0 Å². The molecule has 29 heavy (non-hydrogen) atoms. The Balaban J connectivity index is 1.69. The fraction of sp³-hybridized carbons (Fsp3) is 0.0870. The SMILES string of the molecule is COc1cc(/C=C/Cc2cccc(NC(=O)c3c(Cl)cccc3Cl)c2)ccc1O. The molecule has 0 bridgehead atoms. The van der Waals surface area contributed by atoms with E-state index >= 15 is 0 Å². The number of phenolic OH excluding ortho intramolecular Hbond substituents is 1. The van der Waals surface area contributed by atoms with E-state index in [1.807, 2.05) is 30.4 Å². The summed E-state index contributed by atoms with van der Waals surface area (Å²) in [5, 5.41) is 13.1. The summed E-state index contributed by atoms with van der Waals surface area (Å²) in [5.74, 6) is 0.172. The zero-order valence-corrected chi connectivity index (χ0v) is 17.2. The van der Waals surface area contributed by atoms with Crippen molar-refractivity contribution in [2.45, 2.75) is 6.42 Å².